The highest BCUT2D eigenvalue weighted by atomic mass is 16.6. The second-order valence-electron chi connectivity index (χ2n) is 7.01. The summed E-state index contributed by atoms with van der Waals surface area (Å²) in [5.41, 5.74) is 1.10. The average molecular weight is 396 g/mol. The molecule has 1 amide bonds. The Morgan fingerprint density at radius 2 is 1.97 bits per heavy atom. The summed E-state index contributed by atoms with van der Waals surface area (Å²) in [6.07, 6.45) is 0.771. The second kappa shape index (κ2) is 7.86. The van der Waals surface area contributed by atoms with Crippen LogP contribution in [0.4, 0.5) is 0 Å². The molecule has 9 heteroatoms. The zero-order chi connectivity index (χ0) is 20.4. The molecule has 1 aromatic carbocycles. The number of carbonyl (C=O) groups is 2. The summed E-state index contributed by atoms with van der Waals surface area (Å²) in [6, 6.07) is 11.1. The number of benzene rings is 1. The molecule has 1 N–H and O–H groups in total. The molecule has 0 saturated heterocycles. The minimum absolute atomic E-state index is 0.00869. The predicted octanol–water partition coefficient (Wildman–Crippen LogP) is 3.02. The molecule has 1 fully saturated rings. The fraction of sp³-hybridized carbons (Fsp3) is 0.350. The molecule has 1 atom stereocenters. The third kappa shape index (κ3) is 4.18. The molecule has 0 bridgehead atoms. The highest BCUT2D eigenvalue weighted by molar-refractivity contribution is 5.93. The van der Waals surface area contributed by atoms with E-state index in [0.29, 0.717) is 24.5 Å². The van der Waals surface area contributed by atoms with Crippen molar-refractivity contribution in [3.63, 3.8) is 0 Å². The van der Waals surface area contributed by atoms with Gasteiger partial charge < -0.3 is 19.0 Å². The molecule has 2 aromatic heterocycles. The van der Waals surface area contributed by atoms with E-state index < -0.39 is 12.1 Å². The molecule has 2 heterocycles. The number of hydrogen-bond donors (Lipinski definition) is 1. The summed E-state index contributed by atoms with van der Waals surface area (Å²) < 4.78 is 15.9. The summed E-state index contributed by atoms with van der Waals surface area (Å²) in [5.74, 6) is 0.655. The van der Waals surface area contributed by atoms with Gasteiger partial charge in [-0.15, -0.1) is 10.2 Å². The van der Waals surface area contributed by atoms with Gasteiger partial charge in [0, 0.05) is 30.5 Å². The van der Waals surface area contributed by atoms with Crippen molar-refractivity contribution in [1.82, 2.24) is 20.7 Å². The van der Waals surface area contributed by atoms with E-state index in [1.807, 2.05) is 30.3 Å². The molecule has 4 rings (SSSR count). The first-order valence-corrected chi connectivity index (χ1v) is 9.33. The van der Waals surface area contributed by atoms with Crippen LogP contribution in [0, 0.1) is 0 Å². The molecule has 0 spiro atoms. The van der Waals surface area contributed by atoms with E-state index in [1.54, 1.807) is 13.0 Å². The molecule has 0 unspecified atom stereocenters. The van der Waals surface area contributed by atoms with Gasteiger partial charge in [-0.3, -0.25) is 9.59 Å². The van der Waals surface area contributed by atoms with Gasteiger partial charge in [-0.25, -0.2) is 0 Å². The first-order valence-electron chi connectivity index (χ1n) is 9.33. The Labute approximate surface area is 166 Å². The van der Waals surface area contributed by atoms with E-state index in [4.69, 9.17) is 13.7 Å². The smallest absolute Gasteiger partial charge is 0.303 e. The van der Waals surface area contributed by atoms with Gasteiger partial charge in [-0.1, -0.05) is 35.5 Å². The van der Waals surface area contributed by atoms with E-state index in [9.17, 15) is 9.59 Å². The minimum atomic E-state index is -0.588. The molecular formula is C20H20N4O5. The standard InChI is InChI=1S/C20H20N4O5/c1-11(27-12(2)25)19-22-23-20(28-19)14-8-15(9-14)21-18(26)16-10-17(29-24-16)13-6-4-3-5-7-13/h3-7,10-11,14-15H,8-9H2,1-2H3,(H,21,26)/t11-,14-,15-/m1/s1. The number of aromatic nitrogens is 3. The zero-order valence-corrected chi connectivity index (χ0v) is 16.0. The fourth-order valence-electron chi connectivity index (χ4n) is 3.19. The van der Waals surface area contributed by atoms with Crippen LogP contribution in [0.2, 0.25) is 0 Å². The van der Waals surface area contributed by atoms with Gasteiger partial charge in [0.1, 0.15) is 0 Å². The van der Waals surface area contributed by atoms with Gasteiger partial charge in [-0.05, 0) is 19.8 Å². The molecule has 0 aliphatic heterocycles. The maximum atomic E-state index is 12.4. The molecule has 9 nitrogen and oxygen atoms in total. The summed E-state index contributed by atoms with van der Waals surface area (Å²) in [4.78, 5) is 23.4. The number of rotatable bonds is 6. The van der Waals surface area contributed by atoms with Crippen molar-refractivity contribution < 1.29 is 23.3 Å². The number of carbonyl (C=O) groups excluding carboxylic acids is 2. The van der Waals surface area contributed by atoms with Crippen LogP contribution in [-0.2, 0) is 9.53 Å². The summed E-state index contributed by atoms with van der Waals surface area (Å²) in [6.45, 7) is 2.99. The van der Waals surface area contributed by atoms with E-state index in [1.165, 1.54) is 6.92 Å². The SMILES string of the molecule is CC(=O)O[C@H](C)c1nnc([C@H]2C[C@H](NC(=O)c3cc(-c4ccccc4)on3)C2)o1. The van der Waals surface area contributed by atoms with Crippen LogP contribution in [0.5, 0.6) is 0 Å². The molecule has 150 valence electrons. The van der Waals surface area contributed by atoms with Gasteiger partial charge in [0.15, 0.2) is 17.6 Å². The number of amides is 1. The van der Waals surface area contributed by atoms with E-state index in [0.717, 1.165) is 5.56 Å². The lowest BCUT2D eigenvalue weighted by molar-refractivity contribution is -0.146. The Balaban J connectivity index is 1.30. The Kier molecular flexibility index (Phi) is 5.11. The summed E-state index contributed by atoms with van der Waals surface area (Å²) in [7, 11) is 0. The van der Waals surface area contributed by atoms with Crippen LogP contribution in [0.15, 0.2) is 45.3 Å². The van der Waals surface area contributed by atoms with Crippen LogP contribution < -0.4 is 5.32 Å². The van der Waals surface area contributed by atoms with Crippen LogP contribution in [-0.4, -0.2) is 33.3 Å². The average Bonchev–Trinajstić information content (AvgIpc) is 3.34. The van der Waals surface area contributed by atoms with Crippen molar-refractivity contribution in [3.05, 3.63) is 53.9 Å². The number of hydrogen-bond acceptors (Lipinski definition) is 8. The molecule has 1 aliphatic rings. The quantitative estimate of drug-likeness (QED) is 0.631. The lowest BCUT2D eigenvalue weighted by atomic mass is 9.80. The van der Waals surface area contributed by atoms with Crippen LogP contribution >= 0.6 is 0 Å². The van der Waals surface area contributed by atoms with Crippen molar-refractivity contribution in [3.8, 4) is 11.3 Å². The maximum Gasteiger partial charge on any atom is 0.303 e. The number of nitrogens with one attached hydrogen (secondary N) is 1. The number of ether oxygens (including phenoxy) is 1. The number of nitrogens with zero attached hydrogens (tertiary/aromatic N) is 3. The highest BCUT2D eigenvalue weighted by Crippen LogP contribution is 2.37. The van der Waals surface area contributed by atoms with Crippen LogP contribution in [0.1, 0.15) is 61.0 Å². The molecule has 3 aromatic rings. The first kappa shape index (κ1) is 18.9. The van der Waals surface area contributed by atoms with Crippen molar-refractivity contribution in [1.29, 1.82) is 0 Å². The van der Waals surface area contributed by atoms with Gasteiger partial charge >= 0.3 is 5.97 Å². The minimum Gasteiger partial charge on any atom is -0.453 e. The lowest BCUT2D eigenvalue weighted by Gasteiger charge is -2.33. The van der Waals surface area contributed by atoms with E-state index in [2.05, 4.69) is 20.7 Å². The van der Waals surface area contributed by atoms with Gasteiger partial charge in [-0.2, -0.15) is 0 Å². The molecule has 0 radical (unpaired) electrons. The van der Waals surface area contributed by atoms with E-state index >= 15 is 0 Å². The molecule has 1 saturated carbocycles. The fourth-order valence-corrected chi connectivity index (χ4v) is 3.19. The largest absolute Gasteiger partial charge is 0.453 e. The van der Waals surface area contributed by atoms with Crippen LogP contribution in [0.3, 0.4) is 0 Å². The van der Waals surface area contributed by atoms with Crippen LogP contribution in [0.25, 0.3) is 11.3 Å². The molecular weight excluding hydrogens is 376 g/mol. The van der Waals surface area contributed by atoms with Crippen molar-refractivity contribution >= 4 is 11.9 Å². The highest BCUT2D eigenvalue weighted by Gasteiger charge is 2.36. The lowest BCUT2D eigenvalue weighted by Crippen LogP contribution is -2.43. The molecule has 29 heavy (non-hydrogen) atoms. The maximum absolute atomic E-state index is 12.4. The zero-order valence-electron chi connectivity index (χ0n) is 16.0. The van der Waals surface area contributed by atoms with E-state index in [-0.39, 0.29) is 29.5 Å². The normalized spacial score (nSPS) is 19.2. The summed E-state index contributed by atoms with van der Waals surface area (Å²) in [5, 5.41) is 14.8. The third-order valence-corrected chi connectivity index (χ3v) is 4.77. The van der Waals surface area contributed by atoms with Crippen molar-refractivity contribution in [2.75, 3.05) is 0 Å². The monoisotopic (exact) mass is 396 g/mol. The van der Waals surface area contributed by atoms with Gasteiger partial charge in [0.05, 0.1) is 0 Å². The predicted molar refractivity (Wildman–Crippen MR) is 99.6 cm³/mol. The van der Waals surface area contributed by atoms with Gasteiger partial charge in [0.25, 0.3) is 11.8 Å². The van der Waals surface area contributed by atoms with Gasteiger partial charge in [0.2, 0.25) is 5.89 Å². The Morgan fingerprint density at radius 3 is 2.69 bits per heavy atom. The first-order chi connectivity index (χ1) is 14.0. The second-order valence-corrected chi connectivity index (χ2v) is 7.01. The topological polar surface area (TPSA) is 120 Å². The third-order valence-electron chi connectivity index (χ3n) is 4.77. The Bertz CT molecular complexity index is 1010. The summed E-state index contributed by atoms with van der Waals surface area (Å²) >= 11 is 0. The molecule has 1 aliphatic carbocycles. The van der Waals surface area contributed by atoms with Crippen molar-refractivity contribution in [2.45, 2.75) is 44.8 Å². The number of esters is 1. The Morgan fingerprint density at radius 1 is 1.21 bits per heavy atom. The Hall–Kier alpha value is -3.49. The van der Waals surface area contributed by atoms with Crippen molar-refractivity contribution in [2.24, 2.45) is 0 Å².